The van der Waals surface area contributed by atoms with E-state index in [2.05, 4.69) is 11.8 Å². The van der Waals surface area contributed by atoms with Crippen molar-refractivity contribution < 1.29 is 4.74 Å². The van der Waals surface area contributed by atoms with Gasteiger partial charge in [-0.3, -0.25) is 4.90 Å². The molecule has 3 aliphatic rings. The molecule has 1 aliphatic heterocycles. The van der Waals surface area contributed by atoms with Crippen molar-refractivity contribution in [3.8, 4) is 0 Å². The van der Waals surface area contributed by atoms with Crippen LogP contribution in [0.15, 0.2) is 0 Å². The molecule has 0 amide bonds. The van der Waals surface area contributed by atoms with Crippen LogP contribution in [0.5, 0.6) is 0 Å². The molecule has 0 bridgehead atoms. The summed E-state index contributed by atoms with van der Waals surface area (Å²) in [5.41, 5.74) is 6.36. The van der Waals surface area contributed by atoms with E-state index in [0.29, 0.717) is 12.1 Å². The summed E-state index contributed by atoms with van der Waals surface area (Å²) >= 11 is 0. The number of nitrogens with zero attached hydrogens (tertiary/aromatic N) is 1. The van der Waals surface area contributed by atoms with Gasteiger partial charge >= 0.3 is 0 Å². The monoisotopic (exact) mass is 294 g/mol. The van der Waals surface area contributed by atoms with Crippen molar-refractivity contribution in [1.29, 1.82) is 0 Å². The summed E-state index contributed by atoms with van der Waals surface area (Å²) in [5.74, 6) is 0. The number of ether oxygens (including phenoxy) is 1. The Balaban J connectivity index is 1.53. The van der Waals surface area contributed by atoms with Gasteiger partial charge in [0.25, 0.3) is 0 Å². The molecule has 2 N–H and O–H groups in total. The Kier molecular flexibility index (Phi) is 5.23. The normalized spacial score (nSPS) is 35.9. The van der Waals surface area contributed by atoms with Crippen LogP contribution in [0.1, 0.15) is 77.6 Å². The smallest absolute Gasteiger partial charge is 0.0710 e. The van der Waals surface area contributed by atoms with Crippen molar-refractivity contribution in [1.82, 2.24) is 4.90 Å². The summed E-state index contributed by atoms with van der Waals surface area (Å²) < 4.78 is 6.53. The maximum atomic E-state index is 6.53. The van der Waals surface area contributed by atoms with Crippen molar-refractivity contribution in [3.05, 3.63) is 0 Å². The van der Waals surface area contributed by atoms with Gasteiger partial charge in [0.05, 0.1) is 11.7 Å². The van der Waals surface area contributed by atoms with Crippen LogP contribution in [0.25, 0.3) is 0 Å². The van der Waals surface area contributed by atoms with E-state index in [-0.39, 0.29) is 5.60 Å². The van der Waals surface area contributed by atoms with E-state index in [9.17, 15) is 0 Å². The molecule has 1 heterocycles. The minimum Gasteiger partial charge on any atom is -0.370 e. The first-order valence-corrected chi connectivity index (χ1v) is 9.38. The molecular weight excluding hydrogens is 260 g/mol. The quantitative estimate of drug-likeness (QED) is 0.844. The van der Waals surface area contributed by atoms with E-state index < -0.39 is 0 Å². The van der Waals surface area contributed by atoms with Gasteiger partial charge in [-0.25, -0.2) is 0 Å². The van der Waals surface area contributed by atoms with E-state index in [1.807, 2.05) is 0 Å². The van der Waals surface area contributed by atoms with Crippen LogP contribution in [0.4, 0.5) is 0 Å². The molecule has 1 unspecified atom stereocenters. The highest BCUT2D eigenvalue weighted by Crippen LogP contribution is 2.43. The molecule has 2 aliphatic carbocycles. The predicted molar refractivity (Wildman–Crippen MR) is 87.4 cm³/mol. The highest BCUT2D eigenvalue weighted by Gasteiger charge is 2.42. The second-order valence-electron chi connectivity index (χ2n) is 7.73. The highest BCUT2D eigenvalue weighted by molar-refractivity contribution is 4.94. The Morgan fingerprint density at radius 3 is 2.43 bits per heavy atom. The van der Waals surface area contributed by atoms with E-state index in [4.69, 9.17) is 10.5 Å². The maximum absolute atomic E-state index is 6.53. The molecule has 3 rings (SSSR count). The third-order valence-electron chi connectivity index (χ3n) is 6.06. The Bertz CT molecular complexity index is 319. The fraction of sp³-hybridized carbons (Fsp3) is 1.00. The Morgan fingerprint density at radius 2 is 1.76 bits per heavy atom. The second kappa shape index (κ2) is 6.97. The van der Waals surface area contributed by atoms with Crippen LogP contribution in [0, 0.1) is 0 Å². The summed E-state index contributed by atoms with van der Waals surface area (Å²) in [7, 11) is 0. The summed E-state index contributed by atoms with van der Waals surface area (Å²) in [6, 6.07) is 1.21. The van der Waals surface area contributed by atoms with Crippen LogP contribution in [-0.4, -0.2) is 41.8 Å². The first-order chi connectivity index (χ1) is 10.2. The molecular formula is C18H34N2O. The van der Waals surface area contributed by atoms with Gasteiger partial charge in [0.15, 0.2) is 0 Å². The third-order valence-corrected chi connectivity index (χ3v) is 6.06. The lowest BCUT2D eigenvalue weighted by atomic mass is 9.90. The lowest BCUT2D eigenvalue weighted by molar-refractivity contribution is -0.0530. The largest absolute Gasteiger partial charge is 0.370 e. The first kappa shape index (κ1) is 15.8. The highest BCUT2D eigenvalue weighted by atomic mass is 16.5. The fourth-order valence-electron chi connectivity index (χ4n) is 4.85. The van der Waals surface area contributed by atoms with Gasteiger partial charge in [-0.05, 0) is 64.3 Å². The molecule has 0 radical (unpaired) electrons. The molecule has 2 saturated carbocycles. The lowest BCUT2D eigenvalue weighted by Crippen LogP contribution is -2.45. The van der Waals surface area contributed by atoms with Gasteiger partial charge in [-0.1, -0.05) is 19.8 Å². The van der Waals surface area contributed by atoms with Crippen molar-refractivity contribution in [3.63, 3.8) is 0 Å². The molecule has 1 saturated heterocycles. The van der Waals surface area contributed by atoms with Crippen LogP contribution < -0.4 is 5.73 Å². The third kappa shape index (κ3) is 3.80. The topological polar surface area (TPSA) is 38.5 Å². The Labute approximate surface area is 130 Å². The summed E-state index contributed by atoms with van der Waals surface area (Å²) in [4.78, 5) is 2.73. The van der Waals surface area contributed by atoms with E-state index in [1.165, 1.54) is 77.2 Å². The molecule has 0 aromatic carbocycles. The predicted octanol–water partition coefficient (Wildman–Crippen LogP) is 3.46. The minimum atomic E-state index is 0.289. The van der Waals surface area contributed by atoms with E-state index >= 15 is 0 Å². The van der Waals surface area contributed by atoms with Crippen LogP contribution in [0.3, 0.4) is 0 Å². The van der Waals surface area contributed by atoms with Gasteiger partial charge in [-0.2, -0.15) is 0 Å². The molecule has 3 nitrogen and oxygen atoms in total. The molecule has 1 spiro atoms. The number of hydrogen-bond donors (Lipinski definition) is 1. The van der Waals surface area contributed by atoms with Gasteiger partial charge in [0.1, 0.15) is 0 Å². The molecule has 3 heteroatoms. The molecule has 0 aromatic heterocycles. The molecule has 1 atom stereocenters. The summed E-state index contributed by atoms with van der Waals surface area (Å²) in [6.45, 7) is 4.69. The molecule has 122 valence electrons. The zero-order valence-electron chi connectivity index (χ0n) is 13.9. The Morgan fingerprint density at radius 1 is 1.05 bits per heavy atom. The zero-order chi connectivity index (χ0) is 14.7. The van der Waals surface area contributed by atoms with Gasteiger partial charge < -0.3 is 10.5 Å². The summed E-state index contributed by atoms with van der Waals surface area (Å²) in [6.07, 6.45) is 14.7. The van der Waals surface area contributed by atoms with Crippen LogP contribution in [-0.2, 0) is 4.74 Å². The summed E-state index contributed by atoms with van der Waals surface area (Å²) in [5, 5.41) is 0. The molecule has 3 fully saturated rings. The average molecular weight is 294 g/mol. The second-order valence-corrected chi connectivity index (χ2v) is 7.73. The first-order valence-electron chi connectivity index (χ1n) is 9.38. The zero-order valence-corrected chi connectivity index (χ0v) is 13.9. The lowest BCUT2D eigenvalue weighted by Gasteiger charge is -2.37. The van der Waals surface area contributed by atoms with Crippen molar-refractivity contribution in [2.75, 3.05) is 13.1 Å². The maximum Gasteiger partial charge on any atom is 0.0710 e. The SMILES string of the molecule is CCCN(CC1CCC2(CCCC2)O1)C1CCC(N)CC1. The van der Waals surface area contributed by atoms with Crippen LogP contribution in [0.2, 0.25) is 0 Å². The van der Waals surface area contributed by atoms with Crippen LogP contribution >= 0.6 is 0 Å². The van der Waals surface area contributed by atoms with Gasteiger partial charge in [0.2, 0.25) is 0 Å². The molecule has 21 heavy (non-hydrogen) atoms. The number of hydrogen-bond acceptors (Lipinski definition) is 3. The van der Waals surface area contributed by atoms with Gasteiger partial charge in [0, 0.05) is 18.6 Å². The Hall–Kier alpha value is -0.120. The van der Waals surface area contributed by atoms with Crippen molar-refractivity contribution in [2.45, 2.75) is 101 Å². The average Bonchev–Trinajstić information content (AvgIpc) is 3.10. The number of nitrogens with two attached hydrogens (primary N) is 1. The minimum absolute atomic E-state index is 0.289. The standard InChI is InChI=1S/C18H34N2O/c1-2-13-20(16-7-5-15(19)6-8-16)14-17-9-12-18(21-17)10-3-4-11-18/h15-17H,2-14,19H2,1H3. The van der Waals surface area contributed by atoms with E-state index in [1.54, 1.807) is 0 Å². The fourth-order valence-corrected chi connectivity index (χ4v) is 4.85. The van der Waals surface area contributed by atoms with Crippen molar-refractivity contribution >= 4 is 0 Å². The number of rotatable bonds is 5. The molecule has 0 aromatic rings. The van der Waals surface area contributed by atoms with E-state index in [0.717, 1.165) is 12.6 Å². The van der Waals surface area contributed by atoms with Gasteiger partial charge in [-0.15, -0.1) is 0 Å². The van der Waals surface area contributed by atoms with Crippen molar-refractivity contribution in [2.24, 2.45) is 5.73 Å².